The van der Waals surface area contributed by atoms with E-state index < -0.39 is 5.60 Å². The third kappa shape index (κ3) is 8.38. The van der Waals surface area contributed by atoms with Crippen molar-refractivity contribution in [2.45, 2.75) is 71.1 Å². The van der Waals surface area contributed by atoms with Crippen molar-refractivity contribution in [1.29, 1.82) is 0 Å². The molecule has 0 aromatic heterocycles. The highest BCUT2D eigenvalue weighted by molar-refractivity contribution is 5.67. The van der Waals surface area contributed by atoms with Gasteiger partial charge in [-0.05, 0) is 53.5 Å². The summed E-state index contributed by atoms with van der Waals surface area (Å²) in [4.78, 5) is 11.4. The van der Waals surface area contributed by atoms with Gasteiger partial charge in [0.2, 0.25) is 0 Å². The first kappa shape index (κ1) is 17.2. The number of carbonyl (C=O) groups excluding carboxylic acids is 1. The third-order valence-corrected chi connectivity index (χ3v) is 3.34. The molecule has 1 heterocycles. The van der Waals surface area contributed by atoms with E-state index in [1.807, 2.05) is 20.8 Å². The molecule has 2 atom stereocenters. The van der Waals surface area contributed by atoms with Crippen LogP contribution in [0.25, 0.3) is 0 Å². The zero-order valence-electron chi connectivity index (χ0n) is 13.4. The number of amides is 1. The molecular weight excluding hydrogens is 254 g/mol. The van der Waals surface area contributed by atoms with Gasteiger partial charge < -0.3 is 20.7 Å². The van der Waals surface area contributed by atoms with Crippen LogP contribution in [0.5, 0.6) is 0 Å². The molecule has 1 aliphatic rings. The standard InChI is InChI=1S/C15H31N3O2/c1-12(11-13-7-5-6-8-17-13)16-9-10-18-14(19)20-15(2,3)4/h12-13,16-17H,5-11H2,1-4H3,(H,18,19). The fourth-order valence-corrected chi connectivity index (χ4v) is 2.43. The molecule has 5 heteroatoms. The Balaban J connectivity index is 2.03. The monoisotopic (exact) mass is 285 g/mol. The highest BCUT2D eigenvalue weighted by Crippen LogP contribution is 2.11. The van der Waals surface area contributed by atoms with E-state index in [2.05, 4.69) is 22.9 Å². The molecule has 0 aromatic carbocycles. The van der Waals surface area contributed by atoms with E-state index in [4.69, 9.17) is 4.74 Å². The third-order valence-electron chi connectivity index (χ3n) is 3.34. The Morgan fingerprint density at radius 3 is 2.70 bits per heavy atom. The molecule has 0 aromatic rings. The summed E-state index contributed by atoms with van der Waals surface area (Å²) in [5.41, 5.74) is -0.433. The lowest BCUT2D eigenvalue weighted by molar-refractivity contribution is 0.0528. The Hall–Kier alpha value is -0.810. The first-order chi connectivity index (χ1) is 9.37. The van der Waals surface area contributed by atoms with Crippen LogP contribution in [0, 0.1) is 0 Å². The average Bonchev–Trinajstić information content (AvgIpc) is 2.34. The maximum atomic E-state index is 11.4. The van der Waals surface area contributed by atoms with E-state index in [9.17, 15) is 4.79 Å². The average molecular weight is 285 g/mol. The summed E-state index contributed by atoms with van der Waals surface area (Å²) in [6.07, 6.45) is 4.72. The maximum absolute atomic E-state index is 11.4. The Morgan fingerprint density at radius 1 is 1.35 bits per heavy atom. The minimum atomic E-state index is -0.433. The topological polar surface area (TPSA) is 62.4 Å². The Morgan fingerprint density at radius 2 is 2.10 bits per heavy atom. The van der Waals surface area contributed by atoms with Crippen molar-refractivity contribution in [3.05, 3.63) is 0 Å². The van der Waals surface area contributed by atoms with Crippen molar-refractivity contribution < 1.29 is 9.53 Å². The summed E-state index contributed by atoms with van der Waals surface area (Å²) < 4.78 is 5.18. The normalized spacial score (nSPS) is 21.3. The Bertz CT molecular complexity index is 283. The molecule has 1 amide bonds. The molecule has 5 nitrogen and oxygen atoms in total. The molecule has 1 rings (SSSR count). The maximum Gasteiger partial charge on any atom is 0.407 e. The number of ether oxygens (including phenoxy) is 1. The van der Waals surface area contributed by atoms with Gasteiger partial charge in [-0.1, -0.05) is 6.42 Å². The molecule has 0 saturated carbocycles. The summed E-state index contributed by atoms with van der Waals surface area (Å²) in [5.74, 6) is 0. The smallest absolute Gasteiger partial charge is 0.407 e. The molecule has 0 aliphatic carbocycles. The van der Waals surface area contributed by atoms with Gasteiger partial charge in [-0.2, -0.15) is 0 Å². The molecule has 118 valence electrons. The zero-order valence-corrected chi connectivity index (χ0v) is 13.4. The van der Waals surface area contributed by atoms with Crippen molar-refractivity contribution in [3.63, 3.8) is 0 Å². The van der Waals surface area contributed by atoms with Crippen molar-refractivity contribution in [2.24, 2.45) is 0 Å². The van der Waals surface area contributed by atoms with Gasteiger partial charge in [0.15, 0.2) is 0 Å². The number of alkyl carbamates (subject to hydrolysis) is 1. The van der Waals surface area contributed by atoms with Gasteiger partial charge in [0.05, 0.1) is 0 Å². The van der Waals surface area contributed by atoms with E-state index in [1.165, 1.54) is 19.3 Å². The summed E-state index contributed by atoms with van der Waals surface area (Å²) in [7, 11) is 0. The lowest BCUT2D eigenvalue weighted by atomic mass is 9.99. The summed E-state index contributed by atoms with van der Waals surface area (Å²) >= 11 is 0. The number of piperidine rings is 1. The second-order valence-corrected chi connectivity index (χ2v) is 6.67. The van der Waals surface area contributed by atoms with Crippen LogP contribution in [0.2, 0.25) is 0 Å². The van der Waals surface area contributed by atoms with E-state index >= 15 is 0 Å². The highest BCUT2D eigenvalue weighted by atomic mass is 16.6. The van der Waals surface area contributed by atoms with Crippen LogP contribution in [0.3, 0.4) is 0 Å². The Kier molecular flexibility index (Phi) is 7.30. The minimum absolute atomic E-state index is 0.346. The quantitative estimate of drug-likeness (QED) is 0.653. The van der Waals surface area contributed by atoms with Crippen molar-refractivity contribution in [2.75, 3.05) is 19.6 Å². The zero-order chi connectivity index (χ0) is 15.0. The lowest BCUT2D eigenvalue weighted by Crippen LogP contribution is -2.42. The van der Waals surface area contributed by atoms with Crippen LogP contribution in [0.1, 0.15) is 53.4 Å². The first-order valence-electron chi connectivity index (χ1n) is 7.80. The van der Waals surface area contributed by atoms with Gasteiger partial charge in [-0.3, -0.25) is 0 Å². The molecule has 1 saturated heterocycles. The largest absolute Gasteiger partial charge is 0.444 e. The van der Waals surface area contributed by atoms with E-state index in [0.29, 0.717) is 18.6 Å². The lowest BCUT2D eigenvalue weighted by Gasteiger charge is -2.26. The number of hydrogen-bond donors (Lipinski definition) is 3. The first-order valence-corrected chi connectivity index (χ1v) is 7.80. The van der Waals surface area contributed by atoms with Crippen molar-refractivity contribution in [1.82, 2.24) is 16.0 Å². The van der Waals surface area contributed by atoms with Gasteiger partial charge in [-0.25, -0.2) is 4.79 Å². The Labute approximate surface area is 123 Å². The van der Waals surface area contributed by atoms with Gasteiger partial charge in [0.25, 0.3) is 0 Å². The van der Waals surface area contributed by atoms with E-state index in [1.54, 1.807) is 0 Å². The van der Waals surface area contributed by atoms with Crippen LogP contribution in [0.15, 0.2) is 0 Å². The number of hydrogen-bond acceptors (Lipinski definition) is 4. The molecule has 2 unspecified atom stereocenters. The van der Waals surface area contributed by atoms with Crippen LogP contribution >= 0.6 is 0 Å². The predicted octanol–water partition coefficient (Wildman–Crippen LogP) is 2.02. The fourth-order valence-electron chi connectivity index (χ4n) is 2.43. The SMILES string of the molecule is CC(CC1CCCCN1)NCCNC(=O)OC(C)(C)C. The van der Waals surface area contributed by atoms with Crippen LogP contribution < -0.4 is 16.0 Å². The second kappa shape index (κ2) is 8.47. The molecule has 1 fully saturated rings. The minimum Gasteiger partial charge on any atom is -0.444 e. The molecule has 1 aliphatic heterocycles. The van der Waals surface area contributed by atoms with Crippen LogP contribution in [-0.4, -0.2) is 43.4 Å². The number of rotatable bonds is 6. The van der Waals surface area contributed by atoms with Crippen molar-refractivity contribution in [3.8, 4) is 0 Å². The van der Waals surface area contributed by atoms with Gasteiger partial charge >= 0.3 is 6.09 Å². The van der Waals surface area contributed by atoms with Crippen LogP contribution in [0.4, 0.5) is 4.79 Å². The molecule has 20 heavy (non-hydrogen) atoms. The molecule has 0 bridgehead atoms. The van der Waals surface area contributed by atoms with Gasteiger partial charge in [0, 0.05) is 25.2 Å². The van der Waals surface area contributed by atoms with Gasteiger partial charge in [-0.15, -0.1) is 0 Å². The molecular formula is C15H31N3O2. The van der Waals surface area contributed by atoms with Crippen LogP contribution in [-0.2, 0) is 4.74 Å². The van der Waals surface area contributed by atoms with Crippen molar-refractivity contribution >= 4 is 6.09 Å². The van der Waals surface area contributed by atoms with Gasteiger partial charge in [0.1, 0.15) is 5.60 Å². The number of carbonyl (C=O) groups is 1. The fraction of sp³-hybridized carbons (Fsp3) is 0.933. The summed E-state index contributed by atoms with van der Waals surface area (Å²) in [5, 5.41) is 9.75. The highest BCUT2D eigenvalue weighted by Gasteiger charge is 2.16. The number of nitrogens with one attached hydrogen (secondary N) is 3. The predicted molar refractivity (Wildman–Crippen MR) is 82.0 cm³/mol. The molecule has 3 N–H and O–H groups in total. The molecule has 0 radical (unpaired) electrons. The van der Waals surface area contributed by atoms with E-state index in [0.717, 1.165) is 19.5 Å². The summed E-state index contributed by atoms with van der Waals surface area (Å²) in [6, 6.07) is 1.11. The van der Waals surface area contributed by atoms with E-state index in [-0.39, 0.29) is 6.09 Å². The molecule has 0 spiro atoms. The summed E-state index contributed by atoms with van der Waals surface area (Å²) in [6.45, 7) is 10.3. The second-order valence-electron chi connectivity index (χ2n) is 6.67.